The lowest BCUT2D eigenvalue weighted by Gasteiger charge is -2.27. The molecule has 2 atom stereocenters. The monoisotopic (exact) mass is 207 g/mol. The highest BCUT2D eigenvalue weighted by Gasteiger charge is 2.21. The number of hydrogen-bond acceptors (Lipinski definition) is 2. The van der Waals surface area contributed by atoms with E-state index < -0.39 is 5.97 Å². The molecule has 0 bridgehead atoms. The number of aliphatic carboxylic acids is 1. The van der Waals surface area contributed by atoms with Crippen LogP contribution in [0.5, 0.6) is 0 Å². The van der Waals surface area contributed by atoms with Crippen LogP contribution in [-0.4, -0.2) is 17.1 Å². The van der Waals surface area contributed by atoms with Gasteiger partial charge >= 0.3 is 5.97 Å². The van der Waals surface area contributed by atoms with Gasteiger partial charge in [-0.25, -0.2) is 0 Å². The van der Waals surface area contributed by atoms with E-state index in [1.807, 2.05) is 0 Å². The lowest BCUT2D eigenvalue weighted by Crippen LogP contribution is -2.33. The molecular weight excluding hydrogens is 190 g/mol. The predicted molar refractivity (Wildman–Crippen MR) is 54.1 cm³/mol. The van der Waals surface area contributed by atoms with Gasteiger partial charge in [-0.15, -0.1) is 12.4 Å². The molecule has 0 spiro atoms. The highest BCUT2D eigenvalue weighted by Crippen LogP contribution is 2.26. The first-order valence-corrected chi connectivity index (χ1v) is 4.67. The zero-order chi connectivity index (χ0) is 8.97. The summed E-state index contributed by atoms with van der Waals surface area (Å²) in [5.41, 5.74) is 5.87. The third-order valence-electron chi connectivity index (χ3n) is 2.70. The van der Waals surface area contributed by atoms with E-state index in [0.717, 1.165) is 19.3 Å². The van der Waals surface area contributed by atoms with Gasteiger partial charge in [-0.05, 0) is 25.2 Å². The van der Waals surface area contributed by atoms with E-state index in [1.54, 1.807) is 0 Å². The number of nitrogens with two attached hydrogens (primary N) is 1. The summed E-state index contributed by atoms with van der Waals surface area (Å²) in [6.07, 6.45) is 5.66. The number of carboxylic acid groups (broad SMARTS) is 1. The van der Waals surface area contributed by atoms with E-state index in [-0.39, 0.29) is 24.9 Å². The molecule has 0 aromatic carbocycles. The minimum Gasteiger partial charge on any atom is -0.481 e. The fourth-order valence-corrected chi connectivity index (χ4v) is 1.90. The molecule has 0 amide bonds. The van der Waals surface area contributed by atoms with Crippen LogP contribution < -0.4 is 5.73 Å². The first kappa shape index (κ1) is 12.7. The molecule has 0 radical (unpaired) electrons. The third-order valence-corrected chi connectivity index (χ3v) is 2.70. The first-order valence-electron chi connectivity index (χ1n) is 4.67. The molecule has 0 saturated heterocycles. The Bertz CT molecular complexity index is 164. The Labute approximate surface area is 85.1 Å². The van der Waals surface area contributed by atoms with Crippen LogP contribution in [0.2, 0.25) is 0 Å². The summed E-state index contributed by atoms with van der Waals surface area (Å²) in [5.74, 6) is -0.248. The average Bonchev–Trinajstić information content (AvgIpc) is 2.03. The van der Waals surface area contributed by atoms with E-state index in [9.17, 15) is 4.79 Å². The minimum atomic E-state index is -0.701. The Kier molecular flexibility index (Phi) is 6.08. The summed E-state index contributed by atoms with van der Waals surface area (Å²) in [7, 11) is 0. The zero-order valence-corrected chi connectivity index (χ0v) is 8.55. The van der Waals surface area contributed by atoms with E-state index >= 15 is 0 Å². The quantitative estimate of drug-likeness (QED) is 0.742. The molecule has 1 rings (SSSR count). The van der Waals surface area contributed by atoms with Crippen LogP contribution >= 0.6 is 12.4 Å². The molecule has 3 N–H and O–H groups in total. The normalized spacial score (nSPS) is 27.8. The van der Waals surface area contributed by atoms with Crippen LogP contribution in [0.1, 0.15) is 38.5 Å². The van der Waals surface area contributed by atoms with Crippen molar-refractivity contribution >= 4 is 18.4 Å². The van der Waals surface area contributed by atoms with Gasteiger partial charge in [-0.3, -0.25) is 4.79 Å². The van der Waals surface area contributed by atoms with Crippen LogP contribution in [-0.2, 0) is 4.79 Å². The molecule has 0 heterocycles. The van der Waals surface area contributed by atoms with Crippen LogP contribution in [0, 0.1) is 5.92 Å². The minimum absolute atomic E-state index is 0. The predicted octanol–water partition coefficient (Wildman–Crippen LogP) is 1.79. The first-order chi connectivity index (χ1) is 5.70. The molecule has 4 heteroatoms. The summed E-state index contributed by atoms with van der Waals surface area (Å²) >= 11 is 0. The maximum absolute atomic E-state index is 10.3. The van der Waals surface area contributed by atoms with Gasteiger partial charge in [-0.2, -0.15) is 0 Å². The van der Waals surface area contributed by atoms with E-state index in [2.05, 4.69) is 0 Å². The summed E-state index contributed by atoms with van der Waals surface area (Å²) in [4.78, 5) is 10.3. The van der Waals surface area contributed by atoms with Gasteiger partial charge < -0.3 is 10.8 Å². The zero-order valence-electron chi connectivity index (χ0n) is 7.74. The van der Waals surface area contributed by atoms with E-state index in [4.69, 9.17) is 10.8 Å². The standard InChI is InChI=1S/C9H17NO2.ClH/c10-8-4-2-1-3-7(8)5-6-9(11)12;/h7-8H,1-6,10H2,(H,11,12);1H. The van der Waals surface area contributed by atoms with Gasteiger partial charge in [0.05, 0.1) is 0 Å². The van der Waals surface area contributed by atoms with Gasteiger partial charge in [0.25, 0.3) is 0 Å². The molecule has 1 fully saturated rings. The van der Waals surface area contributed by atoms with Crippen LogP contribution in [0.15, 0.2) is 0 Å². The van der Waals surface area contributed by atoms with Crippen molar-refractivity contribution in [1.29, 1.82) is 0 Å². The summed E-state index contributed by atoms with van der Waals surface area (Å²) in [6.45, 7) is 0. The van der Waals surface area contributed by atoms with Gasteiger partial charge in [0.2, 0.25) is 0 Å². The van der Waals surface area contributed by atoms with Crippen molar-refractivity contribution in [2.45, 2.75) is 44.6 Å². The van der Waals surface area contributed by atoms with Crippen LogP contribution in [0.4, 0.5) is 0 Å². The SMILES string of the molecule is Cl.NC1CCCCC1CCC(=O)O. The Morgan fingerprint density at radius 2 is 2.00 bits per heavy atom. The third kappa shape index (κ3) is 4.48. The molecule has 1 aliphatic rings. The maximum Gasteiger partial charge on any atom is 0.303 e. The molecule has 0 aliphatic heterocycles. The van der Waals surface area contributed by atoms with Gasteiger partial charge in [0.1, 0.15) is 0 Å². The van der Waals surface area contributed by atoms with Crippen molar-refractivity contribution in [3.8, 4) is 0 Å². The highest BCUT2D eigenvalue weighted by molar-refractivity contribution is 5.85. The largest absolute Gasteiger partial charge is 0.481 e. The maximum atomic E-state index is 10.3. The topological polar surface area (TPSA) is 63.3 Å². The molecule has 13 heavy (non-hydrogen) atoms. The van der Waals surface area contributed by atoms with Crippen molar-refractivity contribution in [2.75, 3.05) is 0 Å². The van der Waals surface area contributed by atoms with Crippen molar-refractivity contribution in [2.24, 2.45) is 11.7 Å². The highest BCUT2D eigenvalue weighted by atomic mass is 35.5. The van der Waals surface area contributed by atoms with E-state index in [0.29, 0.717) is 5.92 Å². The smallest absolute Gasteiger partial charge is 0.303 e. The summed E-state index contributed by atoms with van der Waals surface area (Å²) in [5, 5.41) is 8.49. The fourth-order valence-electron chi connectivity index (χ4n) is 1.90. The Balaban J connectivity index is 0.00000144. The number of hydrogen-bond donors (Lipinski definition) is 2. The number of halogens is 1. The van der Waals surface area contributed by atoms with Crippen molar-refractivity contribution in [1.82, 2.24) is 0 Å². The number of carbonyl (C=O) groups is 1. The molecule has 1 saturated carbocycles. The van der Waals surface area contributed by atoms with Gasteiger partial charge in [0, 0.05) is 12.5 Å². The molecule has 3 nitrogen and oxygen atoms in total. The van der Waals surface area contributed by atoms with E-state index in [1.165, 1.54) is 12.8 Å². The molecule has 1 aliphatic carbocycles. The lowest BCUT2D eigenvalue weighted by molar-refractivity contribution is -0.137. The Morgan fingerprint density at radius 3 is 2.54 bits per heavy atom. The fraction of sp³-hybridized carbons (Fsp3) is 0.889. The van der Waals surface area contributed by atoms with Crippen molar-refractivity contribution < 1.29 is 9.90 Å². The van der Waals surface area contributed by atoms with Crippen LogP contribution in [0.25, 0.3) is 0 Å². The second-order valence-electron chi connectivity index (χ2n) is 3.64. The molecule has 0 aromatic heterocycles. The van der Waals surface area contributed by atoms with Gasteiger partial charge in [-0.1, -0.05) is 12.8 Å². The summed E-state index contributed by atoms with van der Waals surface area (Å²) in [6, 6.07) is 0.248. The molecule has 2 unspecified atom stereocenters. The number of carboxylic acids is 1. The lowest BCUT2D eigenvalue weighted by atomic mass is 9.82. The number of rotatable bonds is 3. The van der Waals surface area contributed by atoms with Crippen molar-refractivity contribution in [3.05, 3.63) is 0 Å². The second-order valence-corrected chi connectivity index (χ2v) is 3.64. The Hall–Kier alpha value is -0.280. The van der Waals surface area contributed by atoms with Crippen LogP contribution in [0.3, 0.4) is 0 Å². The van der Waals surface area contributed by atoms with Gasteiger partial charge in [0.15, 0.2) is 0 Å². The average molecular weight is 208 g/mol. The molecule has 78 valence electrons. The Morgan fingerprint density at radius 1 is 1.38 bits per heavy atom. The van der Waals surface area contributed by atoms with Crippen molar-refractivity contribution in [3.63, 3.8) is 0 Å². The molecule has 0 aromatic rings. The second kappa shape index (κ2) is 6.22. The molecular formula is C9H18ClNO2. The summed E-state index contributed by atoms with van der Waals surface area (Å²) < 4.78 is 0.